The Morgan fingerprint density at radius 2 is 0.764 bits per heavy atom. The lowest BCUT2D eigenvalue weighted by Crippen LogP contribution is -1.92. The lowest BCUT2D eigenvalue weighted by Gasteiger charge is -2.20. The highest BCUT2D eigenvalue weighted by molar-refractivity contribution is 6.30. The zero-order chi connectivity index (χ0) is 36.0. The van der Waals surface area contributed by atoms with Gasteiger partial charge in [-0.3, -0.25) is 0 Å². The molecule has 1 nitrogen and oxygen atoms in total. The second-order valence-corrected chi connectivity index (χ2v) is 14.8. The molecule has 0 amide bonds. The zero-order valence-corrected chi connectivity index (χ0v) is 29.9. The highest BCUT2D eigenvalue weighted by Crippen LogP contribution is 2.47. The largest absolute Gasteiger partial charge is 0.455 e. The summed E-state index contributed by atoms with van der Waals surface area (Å²) in [6, 6.07) is 71.2. The van der Waals surface area contributed by atoms with Crippen molar-refractivity contribution >= 4 is 75.8 Å². The molecule has 0 atom stereocenters. The van der Waals surface area contributed by atoms with Gasteiger partial charge in [0, 0.05) is 16.3 Å². The van der Waals surface area contributed by atoms with E-state index in [4.69, 9.17) is 4.42 Å². The van der Waals surface area contributed by atoms with Crippen LogP contribution < -0.4 is 0 Å². The first-order valence-electron chi connectivity index (χ1n) is 19.0. The second-order valence-electron chi connectivity index (χ2n) is 14.8. The molecule has 0 unspecified atom stereocenters. The molecule has 0 aliphatic rings. The van der Waals surface area contributed by atoms with E-state index in [0.717, 1.165) is 33.1 Å². The first-order chi connectivity index (χ1) is 27.2. The van der Waals surface area contributed by atoms with Crippen molar-refractivity contribution in [3.63, 3.8) is 0 Å². The number of hydrogen-bond acceptors (Lipinski definition) is 1. The normalized spacial score (nSPS) is 12.0. The van der Waals surface area contributed by atoms with E-state index in [9.17, 15) is 0 Å². The molecule has 0 bridgehead atoms. The maximum Gasteiger partial charge on any atom is 0.143 e. The minimum absolute atomic E-state index is 0.917. The van der Waals surface area contributed by atoms with Gasteiger partial charge in [-0.25, -0.2) is 0 Å². The molecule has 1 heterocycles. The fourth-order valence-electron chi connectivity index (χ4n) is 9.14. The summed E-state index contributed by atoms with van der Waals surface area (Å²) in [5.74, 6) is 0. The molecule has 1 aromatic heterocycles. The molecule has 0 radical (unpaired) electrons. The summed E-state index contributed by atoms with van der Waals surface area (Å²) in [7, 11) is 0. The van der Waals surface area contributed by atoms with Crippen molar-refractivity contribution < 1.29 is 4.42 Å². The van der Waals surface area contributed by atoms with Crippen LogP contribution in [0.3, 0.4) is 0 Å². The van der Waals surface area contributed by atoms with Crippen LogP contribution in [0.5, 0.6) is 0 Å². The summed E-state index contributed by atoms with van der Waals surface area (Å²) in [5, 5.41) is 15.0. The third-order valence-corrected chi connectivity index (χ3v) is 11.8. The Kier molecular flexibility index (Phi) is 6.40. The van der Waals surface area contributed by atoms with Gasteiger partial charge in [0.15, 0.2) is 0 Å². The standard InChI is InChI=1S/C54H32O/c1-3-10-38-30-40(22-16-33(38)8-1)42-26-24-37-25-27-46-50(41-23-17-34-9-2-4-11-39(34)31-41)32-49(47-29-28-45(42)52(37)53(46)47)36-20-18-35(19-21-36)43-13-7-14-48-44-12-5-6-15-51(44)55-54(43)48/h1-32H. The van der Waals surface area contributed by atoms with Gasteiger partial charge in [0.25, 0.3) is 0 Å². The van der Waals surface area contributed by atoms with Gasteiger partial charge in [0.05, 0.1) is 0 Å². The number of fused-ring (bicyclic) bond motifs is 5. The van der Waals surface area contributed by atoms with Crippen molar-refractivity contribution in [3.8, 4) is 44.5 Å². The first-order valence-corrected chi connectivity index (χ1v) is 19.0. The predicted molar refractivity (Wildman–Crippen MR) is 234 cm³/mol. The summed E-state index contributed by atoms with van der Waals surface area (Å²) in [4.78, 5) is 0. The van der Waals surface area contributed by atoms with E-state index < -0.39 is 0 Å². The molecule has 0 saturated heterocycles. The number of rotatable bonds is 4. The van der Waals surface area contributed by atoms with Crippen LogP contribution in [0, 0.1) is 0 Å². The zero-order valence-electron chi connectivity index (χ0n) is 29.9. The average Bonchev–Trinajstić information content (AvgIpc) is 3.64. The van der Waals surface area contributed by atoms with Gasteiger partial charge in [0.2, 0.25) is 0 Å². The van der Waals surface area contributed by atoms with E-state index in [0.29, 0.717) is 0 Å². The summed E-state index contributed by atoms with van der Waals surface area (Å²) in [5.41, 5.74) is 11.5. The maximum absolute atomic E-state index is 6.43. The molecule has 0 N–H and O–H groups in total. The summed E-state index contributed by atoms with van der Waals surface area (Å²) in [6.45, 7) is 0. The van der Waals surface area contributed by atoms with Crippen LogP contribution in [0.15, 0.2) is 199 Å². The Morgan fingerprint density at radius 1 is 0.255 bits per heavy atom. The quantitative estimate of drug-likeness (QED) is 0.167. The van der Waals surface area contributed by atoms with Crippen molar-refractivity contribution in [1.82, 2.24) is 0 Å². The van der Waals surface area contributed by atoms with Crippen LogP contribution in [0.1, 0.15) is 0 Å². The van der Waals surface area contributed by atoms with Gasteiger partial charge >= 0.3 is 0 Å². The molecule has 1 heteroatoms. The van der Waals surface area contributed by atoms with E-state index in [-0.39, 0.29) is 0 Å². The lowest BCUT2D eigenvalue weighted by atomic mass is 9.83. The Morgan fingerprint density at radius 3 is 1.49 bits per heavy atom. The van der Waals surface area contributed by atoms with Crippen molar-refractivity contribution in [1.29, 1.82) is 0 Å². The van der Waals surface area contributed by atoms with Crippen LogP contribution in [-0.4, -0.2) is 0 Å². The topological polar surface area (TPSA) is 13.1 Å². The highest BCUT2D eigenvalue weighted by Gasteiger charge is 2.19. The second kappa shape index (κ2) is 11.6. The van der Waals surface area contributed by atoms with Crippen LogP contribution in [0.2, 0.25) is 0 Å². The Balaban J connectivity index is 1.10. The van der Waals surface area contributed by atoms with Crippen LogP contribution >= 0.6 is 0 Å². The molecule has 254 valence electrons. The van der Waals surface area contributed by atoms with E-state index in [2.05, 4.69) is 182 Å². The average molecular weight is 697 g/mol. The van der Waals surface area contributed by atoms with Crippen molar-refractivity contribution in [2.45, 2.75) is 0 Å². The van der Waals surface area contributed by atoms with Crippen molar-refractivity contribution in [2.24, 2.45) is 0 Å². The molecule has 12 aromatic rings. The SMILES string of the molecule is c1ccc2cc(-c3ccc4ccc5c(-c6ccc7ccccc7c6)cc(-c6ccc(-c7cccc8c7oc7ccccc78)cc6)c6ccc3c4c65)ccc2c1. The predicted octanol–water partition coefficient (Wildman–Crippen LogP) is 15.5. The van der Waals surface area contributed by atoms with Gasteiger partial charge in [-0.05, 0) is 117 Å². The van der Waals surface area contributed by atoms with E-state index in [1.807, 2.05) is 12.1 Å². The molecule has 0 spiro atoms. The third-order valence-electron chi connectivity index (χ3n) is 11.8. The monoisotopic (exact) mass is 696 g/mol. The highest BCUT2D eigenvalue weighted by atomic mass is 16.3. The van der Waals surface area contributed by atoms with Gasteiger partial charge < -0.3 is 4.42 Å². The summed E-state index contributed by atoms with van der Waals surface area (Å²) < 4.78 is 6.43. The molecule has 55 heavy (non-hydrogen) atoms. The first kappa shape index (κ1) is 30.3. The Hall–Kier alpha value is -7.22. The van der Waals surface area contributed by atoms with Gasteiger partial charge in [-0.15, -0.1) is 0 Å². The number of para-hydroxylation sites is 2. The summed E-state index contributed by atoms with van der Waals surface area (Å²) >= 11 is 0. The molecule has 12 rings (SSSR count). The van der Waals surface area contributed by atoms with Gasteiger partial charge in [0.1, 0.15) is 11.2 Å². The van der Waals surface area contributed by atoms with Gasteiger partial charge in [-0.2, -0.15) is 0 Å². The molecule has 0 saturated carbocycles. The molecular formula is C54H32O. The molecular weight excluding hydrogens is 665 g/mol. The molecule has 0 aliphatic heterocycles. The van der Waals surface area contributed by atoms with Gasteiger partial charge in [-0.1, -0.05) is 170 Å². The molecule has 11 aromatic carbocycles. The fourth-order valence-corrected chi connectivity index (χ4v) is 9.14. The number of hydrogen-bond donors (Lipinski definition) is 0. The Bertz CT molecular complexity index is 3470. The molecule has 0 aliphatic carbocycles. The Labute approximate surface area is 317 Å². The smallest absolute Gasteiger partial charge is 0.143 e. The minimum Gasteiger partial charge on any atom is -0.455 e. The summed E-state index contributed by atoms with van der Waals surface area (Å²) in [6.07, 6.45) is 0. The van der Waals surface area contributed by atoms with Crippen LogP contribution in [0.25, 0.3) is 120 Å². The van der Waals surface area contributed by atoms with E-state index >= 15 is 0 Å². The van der Waals surface area contributed by atoms with Crippen molar-refractivity contribution in [3.05, 3.63) is 194 Å². The lowest BCUT2D eigenvalue weighted by molar-refractivity contribution is 0.670. The fraction of sp³-hybridized carbons (Fsp3) is 0. The van der Waals surface area contributed by atoms with Crippen LogP contribution in [0.4, 0.5) is 0 Å². The molecule has 0 fully saturated rings. The number of furan rings is 1. The minimum atomic E-state index is 0.917. The van der Waals surface area contributed by atoms with Crippen LogP contribution in [-0.2, 0) is 0 Å². The van der Waals surface area contributed by atoms with E-state index in [1.165, 1.54) is 87.2 Å². The van der Waals surface area contributed by atoms with Crippen molar-refractivity contribution in [2.75, 3.05) is 0 Å². The number of benzene rings is 11. The van der Waals surface area contributed by atoms with E-state index in [1.54, 1.807) is 0 Å². The third kappa shape index (κ3) is 4.60. The maximum atomic E-state index is 6.43.